The van der Waals surface area contributed by atoms with Crippen LogP contribution in [0.1, 0.15) is 29.0 Å². The Labute approximate surface area is 122 Å². The summed E-state index contributed by atoms with van der Waals surface area (Å²) in [5.41, 5.74) is 1.24. The lowest BCUT2D eigenvalue weighted by atomic mass is 10.0. The molecule has 0 atom stereocenters. The molecule has 2 heterocycles. The maximum atomic E-state index is 12.5. The topological polar surface area (TPSA) is 80.0 Å². The summed E-state index contributed by atoms with van der Waals surface area (Å²) in [7, 11) is 0. The third-order valence-electron chi connectivity index (χ3n) is 3.60. The summed E-state index contributed by atoms with van der Waals surface area (Å²) in [6.07, 6.45) is 1.90. The van der Waals surface area contributed by atoms with Crippen molar-refractivity contribution < 1.29 is 9.32 Å². The lowest BCUT2D eigenvalue weighted by Gasteiger charge is -2.23. The number of benzene rings is 1. The maximum absolute atomic E-state index is 12.5. The number of aromatic nitrogens is 2. The fourth-order valence-electron chi connectivity index (χ4n) is 2.50. The van der Waals surface area contributed by atoms with E-state index < -0.39 is 0 Å². The normalized spacial score (nSPS) is 15.9. The van der Waals surface area contributed by atoms with Gasteiger partial charge in [0.05, 0.1) is 11.1 Å². The molecule has 1 saturated heterocycles. The summed E-state index contributed by atoms with van der Waals surface area (Å²) < 4.78 is 5.18. The molecule has 1 aliphatic heterocycles. The Kier molecular flexibility index (Phi) is 3.96. The smallest absolute Gasteiger partial charge is 0.258 e. The van der Waals surface area contributed by atoms with Crippen LogP contribution in [0.5, 0.6) is 0 Å². The molecule has 1 aromatic carbocycles. The van der Waals surface area contributed by atoms with Crippen molar-refractivity contribution in [3.8, 4) is 11.5 Å². The van der Waals surface area contributed by atoms with E-state index in [1.54, 1.807) is 13.0 Å². The van der Waals surface area contributed by atoms with Crippen molar-refractivity contribution in [2.24, 2.45) is 0 Å². The van der Waals surface area contributed by atoms with Crippen molar-refractivity contribution in [3.05, 3.63) is 35.7 Å². The van der Waals surface area contributed by atoms with Crippen LogP contribution in [-0.4, -0.2) is 35.2 Å². The van der Waals surface area contributed by atoms with Crippen molar-refractivity contribution in [2.75, 3.05) is 13.1 Å². The van der Waals surface area contributed by atoms with Crippen molar-refractivity contribution >= 4 is 5.91 Å². The third-order valence-corrected chi connectivity index (χ3v) is 3.60. The van der Waals surface area contributed by atoms with Gasteiger partial charge in [0.25, 0.3) is 11.8 Å². The van der Waals surface area contributed by atoms with E-state index >= 15 is 0 Å². The summed E-state index contributed by atoms with van der Waals surface area (Å²) >= 11 is 0. The highest BCUT2D eigenvalue weighted by Crippen LogP contribution is 2.22. The zero-order valence-corrected chi connectivity index (χ0v) is 11.9. The van der Waals surface area contributed by atoms with Gasteiger partial charge in [-0.25, -0.2) is 0 Å². The van der Waals surface area contributed by atoms with E-state index in [0.717, 1.165) is 25.9 Å². The van der Waals surface area contributed by atoms with E-state index in [1.807, 2.05) is 18.2 Å². The zero-order valence-electron chi connectivity index (χ0n) is 11.9. The minimum atomic E-state index is -0.0895. The van der Waals surface area contributed by atoms with E-state index in [2.05, 4.69) is 20.8 Å². The van der Waals surface area contributed by atoms with Crippen LogP contribution in [-0.2, 0) is 0 Å². The van der Waals surface area contributed by atoms with Crippen LogP contribution in [0.25, 0.3) is 11.5 Å². The quantitative estimate of drug-likeness (QED) is 0.894. The molecule has 2 N–H and O–H groups in total. The van der Waals surface area contributed by atoms with Crippen LogP contribution in [0, 0.1) is 6.92 Å². The Bertz CT molecular complexity index is 632. The summed E-state index contributed by atoms with van der Waals surface area (Å²) in [6.45, 7) is 3.63. The maximum Gasteiger partial charge on any atom is 0.258 e. The Morgan fingerprint density at radius 2 is 2.10 bits per heavy atom. The molecule has 1 amide bonds. The lowest BCUT2D eigenvalue weighted by Crippen LogP contribution is -2.42. The fraction of sp³-hybridized carbons (Fsp3) is 0.400. The molecule has 1 aliphatic rings. The zero-order chi connectivity index (χ0) is 14.7. The molecule has 6 heteroatoms. The van der Waals surface area contributed by atoms with Gasteiger partial charge in [-0.05, 0) is 45.0 Å². The molecule has 3 rings (SSSR count). The van der Waals surface area contributed by atoms with Gasteiger partial charge in [0.1, 0.15) is 0 Å². The van der Waals surface area contributed by atoms with E-state index in [9.17, 15) is 4.79 Å². The monoisotopic (exact) mass is 286 g/mol. The molecular weight excluding hydrogens is 268 g/mol. The average molecular weight is 286 g/mol. The molecule has 0 radical (unpaired) electrons. The minimum absolute atomic E-state index is 0.0895. The number of rotatable bonds is 3. The first kappa shape index (κ1) is 13.8. The average Bonchev–Trinajstić information content (AvgIpc) is 2.95. The van der Waals surface area contributed by atoms with Crippen molar-refractivity contribution in [1.29, 1.82) is 0 Å². The van der Waals surface area contributed by atoms with E-state index in [1.165, 1.54) is 0 Å². The third kappa shape index (κ3) is 3.11. The SMILES string of the molecule is Cc1noc(-c2ccccc2C(=O)NC2CCNCC2)n1. The summed E-state index contributed by atoms with van der Waals surface area (Å²) in [6, 6.07) is 7.52. The molecule has 0 aliphatic carbocycles. The second kappa shape index (κ2) is 6.05. The number of nitrogens with one attached hydrogen (secondary N) is 2. The van der Waals surface area contributed by atoms with Gasteiger partial charge in [0, 0.05) is 6.04 Å². The first-order valence-electron chi connectivity index (χ1n) is 7.15. The van der Waals surface area contributed by atoms with Gasteiger partial charge in [-0.3, -0.25) is 4.79 Å². The Balaban J connectivity index is 1.82. The standard InChI is InChI=1S/C15H18N4O2/c1-10-17-15(21-19-10)13-5-3-2-4-12(13)14(20)18-11-6-8-16-9-7-11/h2-5,11,16H,6-9H2,1H3,(H,18,20). The number of carbonyl (C=O) groups is 1. The van der Waals surface area contributed by atoms with Crippen molar-refractivity contribution in [3.63, 3.8) is 0 Å². The van der Waals surface area contributed by atoms with Crippen LogP contribution in [0.3, 0.4) is 0 Å². The predicted octanol–water partition coefficient (Wildman–Crippen LogP) is 1.53. The predicted molar refractivity (Wildman–Crippen MR) is 77.8 cm³/mol. The Hall–Kier alpha value is -2.21. The first-order valence-corrected chi connectivity index (χ1v) is 7.15. The highest BCUT2D eigenvalue weighted by molar-refractivity contribution is 6.00. The number of amides is 1. The van der Waals surface area contributed by atoms with Crippen LogP contribution in [0.4, 0.5) is 0 Å². The summed E-state index contributed by atoms with van der Waals surface area (Å²) in [4.78, 5) is 16.7. The van der Waals surface area contributed by atoms with Crippen LogP contribution < -0.4 is 10.6 Å². The van der Waals surface area contributed by atoms with E-state index in [0.29, 0.717) is 22.8 Å². The molecule has 1 aromatic heterocycles. The second-order valence-corrected chi connectivity index (χ2v) is 5.19. The largest absolute Gasteiger partial charge is 0.349 e. The number of hydrogen-bond acceptors (Lipinski definition) is 5. The van der Waals surface area contributed by atoms with Gasteiger partial charge in [-0.1, -0.05) is 17.3 Å². The van der Waals surface area contributed by atoms with Gasteiger partial charge in [0.2, 0.25) is 0 Å². The van der Waals surface area contributed by atoms with Crippen LogP contribution in [0.15, 0.2) is 28.8 Å². The molecule has 1 fully saturated rings. The minimum Gasteiger partial charge on any atom is -0.349 e. The molecule has 110 valence electrons. The lowest BCUT2D eigenvalue weighted by molar-refractivity contribution is 0.0930. The molecule has 0 saturated carbocycles. The first-order chi connectivity index (χ1) is 10.2. The molecule has 0 spiro atoms. The van der Waals surface area contributed by atoms with Gasteiger partial charge in [-0.2, -0.15) is 4.98 Å². The molecule has 0 unspecified atom stereocenters. The van der Waals surface area contributed by atoms with Crippen molar-refractivity contribution in [1.82, 2.24) is 20.8 Å². The fourth-order valence-corrected chi connectivity index (χ4v) is 2.50. The Morgan fingerprint density at radius 3 is 2.81 bits per heavy atom. The highest BCUT2D eigenvalue weighted by Gasteiger charge is 2.20. The van der Waals surface area contributed by atoms with Gasteiger partial charge < -0.3 is 15.2 Å². The highest BCUT2D eigenvalue weighted by atomic mass is 16.5. The van der Waals surface area contributed by atoms with Crippen LogP contribution in [0.2, 0.25) is 0 Å². The number of aryl methyl sites for hydroxylation is 1. The van der Waals surface area contributed by atoms with E-state index in [-0.39, 0.29) is 11.9 Å². The summed E-state index contributed by atoms with van der Waals surface area (Å²) in [5.74, 6) is 0.843. The van der Waals surface area contributed by atoms with E-state index in [4.69, 9.17) is 4.52 Å². The van der Waals surface area contributed by atoms with Crippen molar-refractivity contribution in [2.45, 2.75) is 25.8 Å². The number of nitrogens with zero attached hydrogens (tertiary/aromatic N) is 2. The Morgan fingerprint density at radius 1 is 1.33 bits per heavy atom. The van der Waals surface area contributed by atoms with Gasteiger partial charge in [0.15, 0.2) is 5.82 Å². The number of carbonyl (C=O) groups excluding carboxylic acids is 1. The molecular formula is C15H18N4O2. The molecule has 2 aromatic rings. The number of piperidine rings is 1. The second-order valence-electron chi connectivity index (χ2n) is 5.19. The molecule has 6 nitrogen and oxygen atoms in total. The van der Waals surface area contributed by atoms with Gasteiger partial charge >= 0.3 is 0 Å². The number of hydrogen-bond donors (Lipinski definition) is 2. The molecule has 0 bridgehead atoms. The van der Waals surface area contributed by atoms with Crippen LogP contribution >= 0.6 is 0 Å². The van der Waals surface area contributed by atoms with Gasteiger partial charge in [-0.15, -0.1) is 0 Å². The molecule has 21 heavy (non-hydrogen) atoms. The summed E-state index contributed by atoms with van der Waals surface area (Å²) in [5, 5.41) is 10.1.